The summed E-state index contributed by atoms with van der Waals surface area (Å²) in [6.45, 7) is 2.37. The van der Waals surface area contributed by atoms with E-state index in [1.165, 1.54) is 29.5 Å². The van der Waals surface area contributed by atoms with Crippen molar-refractivity contribution in [3.8, 4) is 0 Å². The topological polar surface area (TPSA) is 58.2 Å². The van der Waals surface area contributed by atoms with Gasteiger partial charge in [0.15, 0.2) is 0 Å². The summed E-state index contributed by atoms with van der Waals surface area (Å²) in [6.07, 6.45) is 0. The molecule has 0 spiro atoms. The Morgan fingerprint density at radius 1 is 1.30 bits per heavy atom. The van der Waals surface area contributed by atoms with E-state index < -0.39 is 15.8 Å². The molecule has 2 aromatic rings. The second-order valence-corrected chi connectivity index (χ2v) is 7.27. The summed E-state index contributed by atoms with van der Waals surface area (Å²) in [4.78, 5) is 1.88. The van der Waals surface area contributed by atoms with Crippen LogP contribution in [-0.2, 0) is 16.6 Å². The van der Waals surface area contributed by atoms with Crippen molar-refractivity contribution in [2.45, 2.75) is 18.4 Å². The lowest BCUT2D eigenvalue weighted by atomic mass is 10.3. The number of hydrogen-bond donors (Lipinski definition) is 2. The van der Waals surface area contributed by atoms with Crippen LogP contribution in [0.5, 0.6) is 0 Å². The summed E-state index contributed by atoms with van der Waals surface area (Å²) in [5, 5.41) is 2.98. The number of thiophene rings is 1. The van der Waals surface area contributed by atoms with Gasteiger partial charge in [0.25, 0.3) is 10.0 Å². The minimum atomic E-state index is -3.69. The number of aryl methyl sites for hydroxylation is 1. The number of benzene rings is 1. The summed E-state index contributed by atoms with van der Waals surface area (Å²) in [6, 6.07) is 7.02. The van der Waals surface area contributed by atoms with E-state index in [9.17, 15) is 12.8 Å². The molecule has 0 amide bonds. The first-order chi connectivity index (χ1) is 9.42. The second-order valence-electron chi connectivity index (χ2n) is 4.28. The predicted octanol–water partition coefficient (Wildman–Crippen LogP) is 2.72. The lowest BCUT2D eigenvalue weighted by molar-refractivity contribution is 0.601. The average molecular weight is 314 g/mol. The number of hydrogen-bond acceptors (Lipinski definition) is 4. The lowest BCUT2D eigenvalue weighted by Crippen LogP contribution is -2.13. The van der Waals surface area contributed by atoms with Crippen LogP contribution in [0.3, 0.4) is 0 Å². The molecule has 0 saturated heterocycles. The van der Waals surface area contributed by atoms with Crippen LogP contribution in [0.2, 0.25) is 0 Å². The number of halogens is 1. The molecule has 1 heterocycles. The van der Waals surface area contributed by atoms with Crippen LogP contribution in [0.4, 0.5) is 10.1 Å². The van der Waals surface area contributed by atoms with Crippen LogP contribution in [0.15, 0.2) is 35.2 Å². The highest BCUT2D eigenvalue weighted by Gasteiger charge is 2.20. The van der Waals surface area contributed by atoms with Crippen LogP contribution in [0.25, 0.3) is 0 Å². The van der Waals surface area contributed by atoms with E-state index in [-0.39, 0.29) is 10.6 Å². The number of rotatable bonds is 5. The Balaban J connectivity index is 2.30. The maximum absolute atomic E-state index is 13.1. The molecule has 2 rings (SSSR count). The van der Waals surface area contributed by atoms with Crippen molar-refractivity contribution >= 4 is 27.0 Å². The Hall–Kier alpha value is -1.44. The average Bonchev–Trinajstić information content (AvgIpc) is 2.71. The first kappa shape index (κ1) is 15.0. The lowest BCUT2D eigenvalue weighted by Gasteiger charge is -2.07. The molecule has 20 heavy (non-hydrogen) atoms. The molecule has 1 aromatic heterocycles. The van der Waals surface area contributed by atoms with Gasteiger partial charge in [-0.05, 0) is 38.2 Å². The zero-order chi connectivity index (χ0) is 14.8. The van der Waals surface area contributed by atoms with Crippen LogP contribution < -0.4 is 10.0 Å². The van der Waals surface area contributed by atoms with Crippen LogP contribution in [-0.4, -0.2) is 15.5 Å². The molecule has 0 aliphatic heterocycles. The minimum Gasteiger partial charge on any atom is -0.315 e. The van der Waals surface area contributed by atoms with Crippen molar-refractivity contribution in [1.82, 2.24) is 5.32 Å². The van der Waals surface area contributed by atoms with Gasteiger partial charge in [0, 0.05) is 16.3 Å². The zero-order valence-corrected chi connectivity index (χ0v) is 12.7. The van der Waals surface area contributed by atoms with Gasteiger partial charge in [-0.25, -0.2) is 12.8 Å². The van der Waals surface area contributed by atoms with E-state index in [2.05, 4.69) is 10.0 Å². The van der Waals surface area contributed by atoms with Crippen LogP contribution >= 0.6 is 11.3 Å². The Morgan fingerprint density at radius 2 is 2.05 bits per heavy atom. The molecule has 0 bridgehead atoms. The summed E-state index contributed by atoms with van der Waals surface area (Å²) in [5.74, 6) is -0.483. The summed E-state index contributed by atoms with van der Waals surface area (Å²) < 4.78 is 40.1. The van der Waals surface area contributed by atoms with E-state index in [1.807, 2.05) is 0 Å². The molecule has 0 atom stereocenters. The molecule has 0 unspecified atom stereocenters. The van der Waals surface area contributed by atoms with Crippen molar-refractivity contribution < 1.29 is 12.8 Å². The van der Waals surface area contributed by atoms with E-state index >= 15 is 0 Å². The highest BCUT2D eigenvalue weighted by molar-refractivity contribution is 7.93. The Kier molecular flexibility index (Phi) is 4.42. The number of anilines is 1. The number of sulfonamides is 1. The third kappa shape index (κ3) is 3.36. The fourth-order valence-electron chi connectivity index (χ4n) is 1.81. The van der Waals surface area contributed by atoms with Crippen molar-refractivity contribution in [3.63, 3.8) is 0 Å². The van der Waals surface area contributed by atoms with Gasteiger partial charge in [0.2, 0.25) is 0 Å². The molecule has 0 fully saturated rings. The van der Waals surface area contributed by atoms with Crippen molar-refractivity contribution in [1.29, 1.82) is 0 Å². The van der Waals surface area contributed by atoms with Gasteiger partial charge in [-0.1, -0.05) is 6.07 Å². The van der Waals surface area contributed by atoms with E-state index in [4.69, 9.17) is 0 Å². The molecule has 7 heteroatoms. The fraction of sp³-hybridized carbons (Fsp3) is 0.231. The highest BCUT2D eigenvalue weighted by Crippen LogP contribution is 2.27. The maximum Gasteiger partial charge on any atom is 0.263 e. The monoisotopic (exact) mass is 314 g/mol. The molecular weight excluding hydrogens is 299 g/mol. The Labute approximate surface area is 121 Å². The van der Waals surface area contributed by atoms with Crippen molar-refractivity contribution in [2.24, 2.45) is 0 Å². The third-order valence-electron chi connectivity index (χ3n) is 2.64. The molecule has 1 aromatic carbocycles. The molecule has 108 valence electrons. The summed E-state index contributed by atoms with van der Waals surface area (Å²) >= 11 is 1.42. The van der Waals surface area contributed by atoms with Crippen molar-refractivity contribution in [2.75, 3.05) is 11.8 Å². The van der Waals surface area contributed by atoms with Crippen LogP contribution in [0.1, 0.15) is 9.75 Å². The molecule has 0 aliphatic carbocycles. The van der Waals surface area contributed by atoms with Gasteiger partial charge in [-0.3, -0.25) is 4.72 Å². The minimum absolute atomic E-state index is 0.214. The largest absolute Gasteiger partial charge is 0.315 e. The molecule has 4 nitrogen and oxygen atoms in total. The molecule has 0 aliphatic rings. The number of nitrogens with one attached hydrogen (secondary N) is 2. The van der Waals surface area contributed by atoms with Gasteiger partial charge < -0.3 is 5.32 Å². The van der Waals surface area contributed by atoms with Gasteiger partial charge in [-0.15, -0.1) is 11.3 Å². The molecule has 0 saturated carbocycles. The maximum atomic E-state index is 13.1. The van der Waals surface area contributed by atoms with Crippen molar-refractivity contribution in [3.05, 3.63) is 45.9 Å². The first-order valence-electron chi connectivity index (χ1n) is 5.94. The Bertz CT molecular complexity index is 711. The van der Waals surface area contributed by atoms with E-state index in [0.29, 0.717) is 11.4 Å². The van der Waals surface area contributed by atoms with E-state index in [0.717, 1.165) is 10.9 Å². The third-order valence-corrected chi connectivity index (χ3v) is 5.33. The SMILES string of the molecule is CNCc1cc(S(=O)(=O)Nc2cccc(F)c2)c(C)s1. The molecule has 2 N–H and O–H groups in total. The smallest absolute Gasteiger partial charge is 0.263 e. The highest BCUT2D eigenvalue weighted by atomic mass is 32.2. The van der Waals surface area contributed by atoms with E-state index in [1.54, 1.807) is 20.0 Å². The summed E-state index contributed by atoms with van der Waals surface area (Å²) in [7, 11) is -1.89. The van der Waals surface area contributed by atoms with Gasteiger partial charge >= 0.3 is 0 Å². The normalized spacial score (nSPS) is 11.6. The predicted molar refractivity (Wildman–Crippen MR) is 79.0 cm³/mol. The molecule has 0 radical (unpaired) electrons. The van der Waals surface area contributed by atoms with Gasteiger partial charge in [0.1, 0.15) is 10.7 Å². The van der Waals surface area contributed by atoms with Crippen LogP contribution in [0, 0.1) is 12.7 Å². The van der Waals surface area contributed by atoms with Gasteiger partial charge in [0.05, 0.1) is 5.69 Å². The quantitative estimate of drug-likeness (QED) is 0.892. The van der Waals surface area contributed by atoms with Gasteiger partial charge in [-0.2, -0.15) is 0 Å². The zero-order valence-electron chi connectivity index (χ0n) is 11.1. The summed E-state index contributed by atoms with van der Waals surface area (Å²) in [5.41, 5.74) is 0.214. The fourth-order valence-corrected chi connectivity index (χ4v) is 4.51. The standard InChI is InChI=1S/C13H15FN2O2S2/c1-9-13(7-12(19-9)8-15-2)20(17,18)16-11-5-3-4-10(14)6-11/h3-7,15-16H,8H2,1-2H3. The molecular formula is C13H15FN2O2S2. The second kappa shape index (κ2) is 5.90. The Morgan fingerprint density at radius 3 is 2.70 bits per heavy atom. The first-order valence-corrected chi connectivity index (χ1v) is 8.24.